The summed E-state index contributed by atoms with van der Waals surface area (Å²) in [6, 6.07) is 6.52. The molecule has 2 amide bonds. The molecule has 0 saturated carbocycles. The van der Waals surface area contributed by atoms with Crippen LogP contribution in [0.3, 0.4) is 0 Å². The quantitative estimate of drug-likeness (QED) is 0.837. The average Bonchev–Trinajstić information content (AvgIpc) is 2.45. The molecule has 0 heterocycles. The van der Waals surface area contributed by atoms with Gasteiger partial charge in [-0.1, -0.05) is 25.1 Å². The first-order chi connectivity index (χ1) is 9.95. The summed E-state index contributed by atoms with van der Waals surface area (Å²) in [6.45, 7) is 5.73. The van der Waals surface area contributed by atoms with Gasteiger partial charge in [0.05, 0.1) is 6.54 Å². The van der Waals surface area contributed by atoms with Gasteiger partial charge in [0.1, 0.15) is 5.82 Å². The van der Waals surface area contributed by atoms with Crippen molar-refractivity contribution >= 4 is 11.8 Å². The van der Waals surface area contributed by atoms with Crippen LogP contribution < -0.4 is 5.32 Å². The maximum atomic E-state index is 13.4. The van der Waals surface area contributed by atoms with Gasteiger partial charge in [0.25, 0.3) is 0 Å². The van der Waals surface area contributed by atoms with E-state index in [2.05, 4.69) is 5.32 Å². The first-order valence-electron chi connectivity index (χ1n) is 7.23. The highest BCUT2D eigenvalue weighted by molar-refractivity contribution is 5.83. The predicted molar refractivity (Wildman–Crippen MR) is 80.3 cm³/mol. The van der Waals surface area contributed by atoms with Crippen LogP contribution in [0.2, 0.25) is 0 Å². The Bertz CT molecular complexity index is 491. The van der Waals surface area contributed by atoms with Crippen molar-refractivity contribution in [1.82, 2.24) is 10.2 Å². The topological polar surface area (TPSA) is 49.4 Å². The molecule has 4 nitrogen and oxygen atoms in total. The maximum absolute atomic E-state index is 13.4. The van der Waals surface area contributed by atoms with Crippen molar-refractivity contribution in [2.24, 2.45) is 0 Å². The monoisotopic (exact) mass is 294 g/mol. The third-order valence-corrected chi connectivity index (χ3v) is 3.52. The first-order valence-corrected chi connectivity index (χ1v) is 7.23. The molecular formula is C16H23FN2O2. The normalized spacial score (nSPS) is 11.8. The van der Waals surface area contributed by atoms with Gasteiger partial charge in [-0.3, -0.25) is 9.59 Å². The molecule has 1 atom stereocenters. The summed E-state index contributed by atoms with van der Waals surface area (Å²) in [5.41, 5.74) is 0.572. The Kier molecular flexibility index (Phi) is 6.85. The van der Waals surface area contributed by atoms with Gasteiger partial charge in [0, 0.05) is 19.5 Å². The Morgan fingerprint density at radius 1 is 1.33 bits per heavy atom. The highest BCUT2D eigenvalue weighted by Crippen LogP contribution is 2.06. The second-order valence-electron chi connectivity index (χ2n) is 5.10. The van der Waals surface area contributed by atoms with Crippen molar-refractivity contribution in [3.63, 3.8) is 0 Å². The van der Waals surface area contributed by atoms with Crippen molar-refractivity contribution in [3.05, 3.63) is 35.6 Å². The standard InChI is InChI=1S/C16H23FN2O2/c1-4-12(2)19(13(3)20)11-16(21)18-10-9-14-7-5-6-8-15(14)17/h5-8,12H,4,9-11H2,1-3H3,(H,18,21). The molecule has 21 heavy (non-hydrogen) atoms. The minimum atomic E-state index is -0.267. The van der Waals surface area contributed by atoms with E-state index in [-0.39, 0.29) is 30.2 Å². The fourth-order valence-electron chi connectivity index (χ4n) is 2.05. The minimum Gasteiger partial charge on any atom is -0.354 e. The summed E-state index contributed by atoms with van der Waals surface area (Å²) in [6.07, 6.45) is 1.23. The second-order valence-corrected chi connectivity index (χ2v) is 5.10. The number of benzene rings is 1. The van der Waals surface area contributed by atoms with E-state index in [9.17, 15) is 14.0 Å². The van der Waals surface area contributed by atoms with Gasteiger partial charge >= 0.3 is 0 Å². The number of hydrogen-bond acceptors (Lipinski definition) is 2. The third kappa shape index (κ3) is 5.53. The van der Waals surface area contributed by atoms with Crippen LogP contribution in [0.15, 0.2) is 24.3 Å². The zero-order chi connectivity index (χ0) is 15.8. The van der Waals surface area contributed by atoms with E-state index in [0.29, 0.717) is 18.5 Å². The summed E-state index contributed by atoms with van der Waals surface area (Å²) in [5, 5.41) is 2.72. The van der Waals surface area contributed by atoms with Crippen LogP contribution in [-0.2, 0) is 16.0 Å². The SMILES string of the molecule is CCC(C)N(CC(=O)NCCc1ccccc1F)C(C)=O. The van der Waals surface area contributed by atoms with Crippen molar-refractivity contribution < 1.29 is 14.0 Å². The van der Waals surface area contributed by atoms with Crippen LogP contribution in [0.5, 0.6) is 0 Å². The molecule has 0 bridgehead atoms. The number of halogens is 1. The predicted octanol–water partition coefficient (Wildman–Crippen LogP) is 2.13. The highest BCUT2D eigenvalue weighted by atomic mass is 19.1. The van der Waals surface area contributed by atoms with Crippen molar-refractivity contribution in [2.75, 3.05) is 13.1 Å². The molecule has 0 radical (unpaired) electrons. The molecule has 1 aromatic rings. The Balaban J connectivity index is 2.43. The van der Waals surface area contributed by atoms with Gasteiger partial charge in [-0.15, -0.1) is 0 Å². The van der Waals surface area contributed by atoms with Gasteiger partial charge in [-0.25, -0.2) is 4.39 Å². The van der Waals surface area contributed by atoms with Gasteiger partial charge in [0.15, 0.2) is 0 Å². The Labute approximate surface area is 125 Å². The number of nitrogens with one attached hydrogen (secondary N) is 1. The number of nitrogens with zero attached hydrogens (tertiary/aromatic N) is 1. The second kappa shape index (κ2) is 8.39. The Morgan fingerprint density at radius 2 is 2.00 bits per heavy atom. The zero-order valence-corrected chi connectivity index (χ0v) is 12.9. The van der Waals surface area contributed by atoms with E-state index in [4.69, 9.17) is 0 Å². The average molecular weight is 294 g/mol. The van der Waals surface area contributed by atoms with Crippen LogP contribution in [0, 0.1) is 5.82 Å². The van der Waals surface area contributed by atoms with Crippen LogP contribution in [0.25, 0.3) is 0 Å². The molecule has 0 aliphatic carbocycles. The Hall–Kier alpha value is -1.91. The summed E-state index contributed by atoms with van der Waals surface area (Å²) in [5.74, 6) is -0.604. The summed E-state index contributed by atoms with van der Waals surface area (Å²) >= 11 is 0. The van der Waals surface area contributed by atoms with Crippen LogP contribution in [0.4, 0.5) is 4.39 Å². The van der Waals surface area contributed by atoms with Crippen molar-refractivity contribution in [2.45, 2.75) is 39.7 Å². The molecule has 0 aliphatic rings. The molecule has 1 unspecified atom stereocenters. The van der Waals surface area contributed by atoms with Gasteiger partial charge in [0.2, 0.25) is 11.8 Å². The summed E-state index contributed by atoms with van der Waals surface area (Å²) in [7, 11) is 0. The molecule has 116 valence electrons. The van der Waals surface area contributed by atoms with Gasteiger partial charge in [-0.2, -0.15) is 0 Å². The minimum absolute atomic E-state index is 0.0276. The zero-order valence-electron chi connectivity index (χ0n) is 12.9. The fourth-order valence-corrected chi connectivity index (χ4v) is 2.05. The van der Waals surface area contributed by atoms with Crippen molar-refractivity contribution in [3.8, 4) is 0 Å². The van der Waals surface area contributed by atoms with Gasteiger partial charge in [-0.05, 0) is 31.4 Å². The number of rotatable bonds is 7. The van der Waals surface area contributed by atoms with E-state index in [1.54, 1.807) is 23.1 Å². The van der Waals surface area contributed by atoms with Crippen LogP contribution in [0.1, 0.15) is 32.8 Å². The van der Waals surface area contributed by atoms with Crippen LogP contribution in [-0.4, -0.2) is 35.8 Å². The summed E-state index contributed by atoms with van der Waals surface area (Å²) in [4.78, 5) is 24.9. The number of carbonyl (C=O) groups is 2. The molecule has 0 saturated heterocycles. The van der Waals surface area contributed by atoms with Crippen molar-refractivity contribution in [1.29, 1.82) is 0 Å². The molecule has 1 N–H and O–H groups in total. The van der Waals surface area contributed by atoms with E-state index < -0.39 is 0 Å². The maximum Gasteiger partial charge on any atom is 0.239 e. The smallest absolute Gasteiger partial charge is 0.239 e. The first kappa shape index (κ1) is 17.1. The number of carbonyl (C=O) groups excluding carboxylic acids is 2. The molecule has 0 fully saturated rings. The Morgan fingerprint density at radius 3 is 2.57 bits per heavy atom. The van der Waals surface area contributed by atoms with E-state index in [1.807, 2.05) is 13.8 Å². The molecule has 0 aliphatic heterocycles. The molecule has 1 rings (SSSR count). The summed E-state index contributed by atoms with van der Waals surface area (Å²) < 4.78 is 13.4. The third-order valence-electron chi connectivity index (χ3n) is 3.52. The molecule has 1 aromatic carbocycles. The highest BCUT2D eigenvalue weighted by Gasteiger charge is 2.18. The molecule has 5 heteroatoms. The number of amides is 2. The number of hydrogen-bond donors (Lipinski definition) is 1. The van der Waals surface area contributed by atoms with E-state index >= 15 is 0 Å². The molecule has 0 spiro atoms. The lowest BCUT2D eigenvalue weighted by Crippen LogP contribution is -2.44. The van der Waals surface area contributed by atoms with E-state index in [0.717, 1.165) is 6.42 Å². The fraction of sp³-hybridized carbons (Fsp3) is 0.500. The molecular weight excluding hydrogens is 271 g/mol. The lowest BCUT2D eigenvalue weighted by atomic mass is 10.1. The van der Waals surface area contributed by atoms with E-state index in [1.165, 1.54) is 13.0 Å². The molecule has 0 aromatic heterocycles. The van der Waals surface area contributed by atoms with Gasteiger partial charge < -0.3 is 10.2 Å². The lowest BCUT2D eigenvalue weighted by molar-refractivity contribution is -0.136. The largest absolute Gasteiger partial charge is 0.354 e. The lowest BCUT2D eigenvalue weighted by Gasteiger charge is -2.26. The van der Waals surface area contributed by atoms with Crippen LogP contribution >= 0.6 is 0 Å².